The SMILES string of the molecule is O=S(=O)(Nc1c(Cl)ncnc1Cl)c1cccc(Cl)c1. The Labute approximate surface area is 124 Å². The van der Waals surface area contributed by atoms with Crippen LogP contribution in [0.4, 0.5) is 5.69 Å². The summed E-state index contributed by atoms with van der Waals surface area (Å²) in [7, 11) is -3.86. The Hall–Kier alpha value is -1.08. The zero-order chi connectivity index (χ0) is 14.0. The van der Waals surface area contributed by atoms with E-state index < -0.39 is 10.0 Å². The van der Waals surface area contributed by atoms with Gasteiger partial charge in [0.25, 0.3) is 10.0 Å². The van der Waals surface area contributed by atoms with Crippen molar-refractivity contribution in [3.05, 3.63) is 45.9 Å². The van der Waals surface area contributed by atoms with E-state index >= 15 is 0 Å². The fraction of sp³-hybridized carbons (Fsp3) is 0. The van der Waals surface area contributed by atoms with Gasteiger partial charge in [0, 0.05) is 5.02 Å². The Morgan fingerprint density at radius 2 is 1.68 bits per heavy atom. The summed E-state index contributed by atoms with van der Waals surface area (Å²) in [6.07, 6.45) is 1.13. The summed E-state index contributed by atoms with van der Waals surface area (Å²) in [6.45, 7) is 0. The van der Waals surface area contributed by atoms with Crippen LogP contribution >= 0.6 is 34.8 Å². The Balaban J connectivity index is 2.42. The van der Waals surface area contributed by atoms with Crippen molar-refractivity contribution < 1.29 is 8.42 Å². The van der Waals surface area contributed by atoms with E-state index in [0.717, 1.165) is 6.33 Å². The van der Waals surface area contributed by atoms with Crippen LogP contribution in [0, 0.1) is 0 Å². The van der Waals surface area contributed by atoms with Crippen LogP contribution in [0.3, 0.4) is 0 Å². The molecule has 2 aromatic rings. The van der Waals surface area contributed by atoms with E-state index in [1.807, 2.05) is 0 Å². The maximum atomic E-state index is 12.1. The van der Waals surface area contributed by atoms with Gasteiger partial charge in [-0.1, -0.05) is 40.9 Å². The monoisotopic (exact) mass is 337 g/mol. The van der Waals surface area contributed by atoms with Crippen molar-refractivity contribution >= 4 is 50.5 Å². The van der Waals surface area contributed by atoms with Crippen molar-refractivity contribution in [2.75, 3.05) is 4.72 Å². The highest BCUT2D eigenvalue weighted by molar-refractivity contribution is 7.92. The molecule has 0 aliphatic carbocycles. The topological polar surface area (TPSA) is 72.0 Å². The van der Waals surface area contributed by atoms with E-state index in [0.29, 0.717) is 5.02 Å². The largest absolute Gasteiger partial charge is 0.274 e. The van der Waals surface area contributed by atoms with Gasteiger partial charge in [-0.3, -0.25) is 4.72 Å². The predicted molar refractivity (Wildman–Crippen MR) is 74.3 cm³/mol. The molecule has 1 heterocycles. The van der Waals surface area contributed by atoms with E-state index in [1.54, 1.807) is 6.07 Å². The first kappa shape index (κ1) is 14.3. The molecule has 0 unspecified atom stereocenters. The summed E-state index contributed by atoms with van der Waals surface area (Å²) in [6, 6.07) is 5.77. The summed E-state index contributed by atoms with van der Waals surface area (Å²) in [5, 5.41) is 0.112. The Kier molecular flexibility index (Phi) is 4.15. The summed E-state index contributed by atoms with van der Waals surface area (Å²) in [5.74, 6) is 0. The molecule has 0 spiro atoms. The van der Waals surface area contributed by atoms with Crippen molar-refractivity contribution in [3.8, 4) is 0 Å². The number of anilines is 1. The molecular weight excluding hydrogens is 333 g/mol. The third kappa shape index (κ3) is 3.27. The molecule has 1 N–H and O–H groups in total. The van der Waals surface area contributed by atoms with Crippen LogP contribution in [0.15, 0.2) is 35.5 Å². The summed E-state index contributed by atoms with van der Waals surface area (Å²) in [4.78, 5) is 7.29. The molecule has 19 heavy (non-hydrogen) atoms. The highest BCUT2D eigenvalue weighted by Crippen LogP contribution is 2.28. The van der Waals surface area contributed by atoms with Crippen LogP contribution in [0.2, 0.25) is 15.3 Å². The predicted octanol–water partition coefficient (Wildman–Crippen LogP) is 3.24. The minimum Gasteiger partial charge on any atom is -0.274 e. The number of hydrogen-bond acceptors (Lipinski definition) is 4. The van der Waals surface area contributed by atoms with Crippen molar-refractivity contribution in [2.24, 2.45) is 0 Å². The van der Waals surface area contributed by atoms with Crippen LogP contribution in [-0.2, 0) is 10.0 Å². The first-order valence-corrected chi connectivity index (χ1v) is 7.46. The first-order chi connectivity index (χ1) is 8.90. The molecule has 0 atom stereocenters. The van der Waals surface area contributed by atoms with E-state index in [4.69, 9.17) is 34.8 Å². The minimum absolute atomic E-state index is 0.0176. The Morgan fingerprint density at radius 3 is 2.26 bits per heavy atom. The molecule has 0 amide bonds. The van der Waals surface area contributed by atoms with Gasteiger partial charge in [-0.25, -0.2) is 18.4 Å². The molecule has 0 aliphatic heterocycles. The van der Waals surface area contributed by atoms with Gasteiger partial charge < -0.3 is 0 Å². The van der Waals surface area contributed by atoms with Gasteiger partial charge in [0.2, 0.25) is 0 Å². The van der Waals surface area contributed by atoms with Crippen LogP contribution in [0.5, 0.6) is 0 Å². The number of sulfonamides is 1. The Morgan fingerprint density at radius 1 is 1.05 bits per heavy atom. The third-order valence-corrected chi connectivity index (χ3v) is 4.25. The molecule has 0 aliphatic rings. The second-order valence-corrected chi connectivity index (χ2v) is 6.23. The molecular formula is C10H6Cl3N3O2S. The Bertz CT molecular complexity index is 701. The molecule has 0 saturated carbocycles. The lowest BCUT2D eigenvalue weighted by Crippen LogP contribution is -2.14. The third-order valence-electron chi connectivity index (χ3n) is 2.10. The van der Waals surface area contributed by atoms with Crippen LogP contribution in [0.1, 0.15) is 0 Å². The molecule has 2 rings (SSSR count). The fourth-order valence-corrected chi connectivity index (χ4v) is 3.15. The van der Waals surface area contributed by atoms with Crippen LogP contribution in [0.25, 0.3) is 0 Å². The smallest absolute Gasteiger partial charge is 0.262 e. The van der Waals surface area contributed by atoms with Gasteiger partial charge in [-0.05, 0) is 18.2 Å². The highest BCUT2D eigenvalue weighted by atomic mass is 35.5. The van der Waals surface area contributed by atoms with Crippen molar-refractivity contribution in [1.29, 1.82) is 0 Å². The average molecular weight is 339 g/mol. The fourth-order valence-electron chi connectivity index (χ4n) is 1.26. The van der Waals surface area contributed by atoms with Gasteiger partial charge in [0.05, 0.1) is 4.90 Å². The molecule has 100 valence electrons. The van der Waals surface area contributed by atoms with Gasteiger partial charge in [-0.15, -0.1) is 0 Å². The van der Waals surface area contributed by atoms with Crippen molar-refractivity contribution in [3.63, 3.8) is 0 Å². The van der Waals surface area contributed by atoms with Gasteiger partial charge in [-0.2, -0.15) is 0 Å². The maximum absolute atomic E-state index is 12.1. The molecule has 0 radical (unpaired) electrons. The first-order valence-electron chi connectivity index (χ1n) is 4.84. The number of benzene rings is 1. The van der Waals surface area contributed by atoms with Crippen molar-refractivity contribution in [1.82, 2.24) is 9.97 Å². The maximum Gasteiger partial charge on any atom is 0.262 e. The van der Waals surface area contributed by atoms with Gasteiger partial charge in [0.1, 0.15) is 12.0 Å². The number of hydrogen-bond donors (Lipinski definition) is 1. The standard InChI is InChI=1S/C10H6Cl3N3O2S/c11-6-2-1-3-7(4-6)19(17,18)16-8-9(12)14-5-15-10(8)13/h1-5,16H. The average Bonchev–Trinajstić information content (AvgIpc) is 2.34. The van der Waals surface area contributed by atoms with Gasteiger partial charge in [0.15, 0.2) is 10.3 Å². The zero-order valence-electron chi connectivity index (χ0n) is 9.14. The number of nitrogens with one attached hydrogen (secondary N) is 1. The lowest BCUT2D eigenvalue weighted by molar-refractivity contribution is 0.601. The molecule has 0 fully saturated rings. The molecule has 1 aromatic carbocycles. The molecule has 0 bridgehead atoms. The zero-order valence-corrected chi connectivity index (χ0v) is 12.2. The van der Waals surface area contributed by atoms with Crippen LogP contribution < -0.4 is 4.72 Å². The minimum atomic E-state index is -3.86. The van der Waals surface area contributed by atoms with E-state index in [-0.39, 0.29) is 20.9 Å². The quantitative estimate of drug-likeness (QED) is 0.872. The summed E-state index contributed by atoms with van der Waals surface area (Å²) in [5.41, 5.74) is -0.0780. The second-order valence-electron chi connectivity index (χ2n) is 3.39. The summed E-state index contributed by atoms with van der Waals surface area (Å²) >= 11 is 17.3. The number of nitrogens with zero attached hydrogens (tertiary/aromatic N) is 2. The molecule has 1 aromatic heterocycles. The van der Waals surface area contributed by atoms with Gasteiger partial charge >= 0.3 is 0 Å². The van der Waals surface area contributed by atoms with E-state index in [9.17, 15) is 8.42 Å². The second kappa shape index (κ2) is 5.50. The normalized spacial score (nSPS) is 11.3. The highest BCUT2D eigenvalue weighted by Gasteiger charge is 2.19. The molecule has 5 nitrogen and oxygen atoms in total. The number of aromatic nitrogens is 2. The lowest BCUT2D eigenvalue weighted by atomic mass is 10.4. The van der Waals surface area contributed by atoms with E-state index in [1.165, 1.54) is 18.2 Å². The number of rotatable bonds is 3. The van der Waals surface area contributed by atoms with Crippen LogP contribution in [-0.4, -0.2) is 18.4 Å². The molecule has 0 saturated heterocycles. The summed E-state index contributed by atoms with van der Waals surface area (Å²) < 4.78 is 26.5. The molecule has 9 heteroatoms. The number of halogens is 3. The van der Waals surface area contributed by atoms with Crippen molar-refractivity contribution in [2.45, 2.75) is 4.90 Å². The van der Waals surface area contributed by atoms with E-state index in [2.05, 4.69) is 14.7 Å². The lowest BCUT2D eigenvalue weighted by Gasteiger charge is -2.09.